The highest BCUT2D eigenvalue weighted by atomic mass is 17.0. The van der Waals surface area contributed by atoms with Crippen molar-refractivity contribution in [3.8, 4) is 0 Å². The van der Waals surface area contributed by atoms with Crippen LogP contribution in [0.3, 0.4) is 0 Å². The van der Waals surface area contributed by atoms with Crippen LogP contribution in [-0.4, -0.2) is 68.5 Å². The second kappa shape index (κ2) is 7.24. The molecule has 2 saturated heterocycles. The van der Waals surface area contributed by atoms with Crippen molar-refractivity contribution in [1.82, 2.24) is 5.23 Å². The molecular weight excluding hydrogens is 326 g/mol. The Labute approximate surface area is 137 Å². The second-order valence-corrected chi connectivity index (χ2v) is 5.49. The van der Waals surface area contributed by atoms with Crippen molar-refractivity contribution in [2.24, 2.45) is 11.8 Å². The number of Topliss-reactive ketones (excluding diaryl/α,β-unsaturated/α-hetero) is 1. The zero-order chi connectivity index (χ0) is 18.0. The predicted molar refractivity (Wildman–Crippen MR) is 73.7 cm³/mol. The number of nitrogens with zero attached hydrogens (tertiary/aromatic N) is 1. The van der Waals surface area contributed by atoms with Crippen LogP contribution in [0.5, 0.6) is 0 Å². The molecule has 134 valence electrons. The number of fused-ring (bicyclic) bond motifs is 1. The summed E-state index contributed by atoms with van der Waals surface area (Å²) in [6.07, 6.45) is -2.48. The first-order valence-electron chi connectivity index (χ1n) is 7.21. The van der Waals surface area contributed by atoms with E-state index in [2.05, 4.69) is 9.47 Å². The SMILES string of the molecule is COC(=O)[C@H]1[C@H]2[C@@H](CC(C)=O)[C@@H](C(=O)OC)ON2O[C@H]1C(=O)OC. The summed E-state index contributed by atoms with van der Waals surface area (Å²) in [6, 6.07) is -0.866. The fourth-order valence-electron chi connectivity index (χ4n) is 3.04. The predicted octanol–water partition coefficient (Wildman–Crippen LogP) is -0.985. The Morgan fingerprint density at radius 1 is 0.875 bits per heavy atom. The molecule has 0 radical (unpaired) electrons. The third-order valence-corrected chi connectivity index (χ3v) is 4.06. The molecule has 0 unspecified atom stereocenters. The van der Waals surface area contributed by atoms with E-state index in [0.717, 1.165) is 19.4 Å². The average molecular weight is 345 g/mol. The van der Waals surface area contributed by atoms with Crippen LogP contribution < -0.4 is 0 Å². The minimum absolute atomic E-state index is 0.0638. The van der Waals surface area contributed by atoms with Gasteiger partial charge in [-0.2, -0.15) is 0 Å². The maximum Gasteiger partial charge on any atom is 0.338 e. The Bertz CT molecular complexity index is 548. The lowest BCUT2D eigenvalue weighted by Crippen LogP contribution is -2.44. The van der Waals surface area contributed by atoms with Crippen LogP contribution in [0.25, 0.3) is 0 Å². The molecule has 10 heteroatoms. The second-order valence-electron chi connectivity index (χ2n) is 5.49. The van der Waals surface area contributed by atoms with Crippen LogP contribution in [-0.2, 0) is 43.1 Å². The quantitative estimate of drug-likeness (QED) is 0.454. The van der Waals surface area contributed by atoms with Gasteiger partial charge in [-0.05, 0) is 6.92 Å². The molecule has 2 rings (SSSR count). The summed E-state index contributed by atoms with van der Waals surface area (Å²) in [5.41, 5.74) is 0. The van der Waals surface area contributed by atoms with E-state index in [1.165, 1.54) is 14.0 Å². The number of ether oxygens (including phenoxy) is 3. The summed E-state index contributed by atoms with van der Waals surface area (Å²) in [6.45, 7) is 1.34. The van der Waals surface area contributed by atoms with Crippen LogP contribution in [0.4, 0.5) is 0 Å². The van der Waals surface area contributed by atoms with Gasteiger partial charge in [0, 0.05) is 12.3 Å². The largest absolute Gasteiger partial charge is 0.469 e. The number of hydrogen-bond acceptors (Lipinski definition) is 10. The molecule has 10 nitrogen and oxygen atoms in total. The first-order chi connectivity index (χ1) is 11.3. The molecule has 0 aromatic heterocycles. The third-order valence-electron chi connectivity index (χ3n) is 4.06. The number of carbonyl (C=O) groups is 4. The fourth-order valence-corrected chi connectivity index (χ4v) is 3.04. The van der Waals surface area contributed by atoms with Crippen molar-refractivity contribution in [3.05, 3.63) is 0 Å². The highest BCUT2D eigenvalue weighted by molar-refractivity contribution is 5.86. The average Bonchev–Trinajstić information content (AvgIpc) is 3.09. The minimum Gasteiger partial charge on any atom is -0.469 e. The number of hydroxylamine groups is 2. The molecule has 0 N–H and O–H groups in total. The van der Waals surface area contributed by atoms with Crippen LogP contribution in [0.1, 0.15) is 13.3 Å². The van der Waals surface area contributed by atoms with Gasteiger partial charge >= 0.3 is 17.9 Å². The molecule has 0 bridgehead atoms. The summed E-state index contributed by atoms with van der Waals surface area (Å²) in [4.78, 5) is 58.2. The Morgan fingerprint density at radius 2 is 1.38 bits per heavy atom. The van der Waals surface area contributed by atoms with Crippen molar-refractivity contribution in [3.63, 3.8) is 0 Å². The van der Waals surface area contributed by atoms with Crippen molar-refractivity contribution in [1.29, 1.82) is 0 Å². The van der Waals surface area contributed by atoms with Gasteiger partial charge in [-0.3, -0.25) is 14.5 Å². The smallest absolute Gasteiger partial charge is 0.338 e. The van der Waals surface area contributed by atoms with E-state index in [1.54, 1.807) is 0 Å². The first-order valence-corrected chi connectivity index (χ1v) is 7.21. The molecule has 0 aromatic rings. The van der Waals surface area contributed by atoms with Gasteiger partial charge in [-0.15, -0.1) is 0 Å². The number of hydrogen-bond donors (Lipinski definition) is 0. The Kier molecular flexibility index (Phi) is 5.52. The molecule has 5 atom stereocenters. The molecule has 2 heterocycles. The lowest BCUT2D eigenvalue weighted by molar-refractivity contribution is -0.350. The van der Waals surface area contributed by atoms with E-state index in [4.69, 9.17) is 14.4 Å². The van der Waals surface area contributed by atoms with E-state index in [-0.39, 0.29) is 12.2 Å². The zero-order valence-electron chi connectivity index (χ0n) is 13.7. The van der Waals surface area contributed by atoms with E-state index >= 15 is 0 Å². The third kappa shape index (κ3) is 3.12. The van der Waals surface area contributed by atoms with Crippen LogP contribution in [0.2, 0.25) is 0 Å². The molecule has 24 heavy (non-hydrogen) atoms. The summed E-state index contributed by atoms with van der Waals surface area (Å²) in [5, 5.41) is 0.901. The van der Waals surface area contributed by atoms with Crippen molar-refractivity contribution in [2.75, 3.05) is 21.3 Å². The van der Waals surface area contributed by atoms with Crippen LogP contribution in [0.15, 0.2) is 0 Å². The number of methoxy groups -OCH3 is 3. The highest BCUT2D eigenvalue weighted by Gasteiger charge is 2.63. The van der Waals surface area contributed by atoms with Crippen LogP contribution >= 0.6 is 0 Å². The minimum atomic E-state index is -1.29. The summed E-state index contributed by atoms with van der Waals surface area (Å²) in [7, 11) is 3.48. The summed E-state index contributed by atoms with van der Waals surface area (Å²) < 4.78 is 14.0. The normalized spacial score (nSPS) is 32.1. The fraction of sp³-hybridized carbons (Fsp3) is 0.714. The van der Waals surface area contributed by atoms with E-state index in [9.17, 15) is 19.2 Å². The standard InChI is InChI=1S/C14H19NO9/c1-6(16)5-7-9-8(12(17)20-2)11(14(19)22-4)24-15(9)23-10(7)13(18)21-3/h7-11H,5H2,1-4H3/t7-,8+,9-,10+,11-/m1/s1. The molecule has 0 aliphatic carbocycles. The van der Waals surface area contributed by atoms with E-state index in [0.29, 0.717) is 0 Å². The zero-order valence-corrected chi connectivity index (χ0v) is 13.7. The van der Waals surface area contributed by atoms with Gasteiger partial charge in [0.1, 0.15) is 11.7 Å². The lowest BCUT2D eigenvalue weighted by atomic mass is 9.81. The molecule has 0 saturated carbocycles. The maximum absolute atomic E-state index is 12.2. The highest BCUT2D eigenvalue weighted by Crippen LogP contribution is 2.43. The maximum atomic E-state index is 12.2. The topological polar surface area (TPSA) is 118 Å². The van der Waals surface area contributed by atoms with E-state index in [1.807, 2.05) is 0 Å². The molecule has 2 aliphatic heterocycles. The molecule has 0 aromatic carbocycles. The van der Waals surface area contributed by atoms with Crippen molar-refractivity contribution < 1.29 is 43.1 Å². The molecule has 2 aliphatic rings. The first kappa shape index (κ1) is 18.3. The van der Waals surface area contributed by atoms with Gasteiger partial charge in [0.25, 0.3) is 0 Å². The molecule has 0 amide bonds. The molecular formula is C14H19NO9. The number of carbonyl (C=O) groups excluding carboxylic acids is 4. The van der Waals surface area contributed by atoms with Gasteiger partial charge in [-0.25, -0.2) is 9.59 Å². The summed E-state index contributed by atoms with van der Waals surface area (Å²) in [5.74, 6) is -4.31. The van der Waals surface area contributed by atoms with Gasteiger partial charge in [0.05, 0.1) is 27.4 Å². The Balaban J connectivity index is 2.38. The van der Waals surface area contributed by atoms with Crippen molar-refractivity contribution in [2.45, 2.75) is 31.6 Å². The Hall–Kier alpha value is -2.04. The molecule has 0 spiro atoms. The molecule has 2 fully saturated rings. The van der Waals surface area contributed by atoms with Gasteiger partial charge < -0.3 is 19.0 Å². The van der Waals surface area contributed by atoms with Gasteiger partial charge in [0.15, 0.2) is 12.2 Å². The van der Waals surface area contributed by atoms with Gasteiger partial charge in [0.2, 0.25) is 0 Å². The van der Waals surface area contributed by atoms with E-state index < -0.39 is 48.0 Å². The number of esters is 3. The summed E-state index contributed by atoms with van der Waals surface area (Å²) >= 11 is 0. The lowest BCUT2D eigenvalue weighted by Gasteiger charge is -2.22. The van der Waals surface area contributed by atoms with Gasteiger partial charge in [-0.1, -0.05) is 5.23 Å². The van der Waals surface area contributed by atoms with Crippen LogP contribution in [0, 0.1) is 11.8 Å². The van der Waals surface area contributed by atoms with Crippen molar-refractivity contribution >= 4 is 23.7 Å². The number of rotatable bonds is 5. The monoisotopic (exact) mass is 345 g/mol. The number of ketones is 1. The Morgan fingerprint density at radius 3 is 1.88 bits per heavy atom.